The zero-order valence-electron chi connectivity index (χ0n) is 18.1. The van der Waals surface area contributed by atoms with E-state index in [0.29, 0.717) is 37.2 Å². The first kappa shape index (κ1) is 23.0. The van der Waals surface area contributed by atoms with Gasteiger partial charge in [-0.25, -0.2) is 4.98 Å². The lowest BCUT2D eigenvalue weighted by molar-refractivity contribution is -0.137. The van der Waals surface area contributed by atoms with Crippen molar-refractivity contribution in [3.8, 4) is 5.69 Å². The van der Waals surface area contributed by atoms with Crippen molar-refractivity contribution < 1.29 is 18.0 Å². The van der Waals surface area contributed by atoms with Gasteiger partial charge in [0.05, 0.1) is 17.0 Å². The van der Waals surface area contributed by atoms with Crippen LogP contribution in [-0.4, -0.2) is 67.9 Å². The van der Waals surface area contributed by atoms with Crippen molar-refractivity contribution in [2.45, 2.75) is 25.2 Å². The molecule has 4 rings (SSSR count). The van der Waals surface area contributed by atoms with E-state index in [9.17, 15) is 18.0 Å². The highest BCUT2D eigenvalue weighted by Gasteiger charge is 2.31. The molecule has 1 aliphatic heterocycles. The van der Waals surface area contributed by atoms with Gasteiger partial charge >= 0.3 is 6.18 Å². The topological polar surface area (TPSA) is 80.0 Å². The van der Waals surface area contributed by atoms with Crippen molar-refractivity contribution in [3.63, 3.8) is 0 Å². The molecule has 0 spiro atoms. The van der Waals surface area contributed by atoms with Crippen LogP contribution in [0.15, 0.2) is 41.7 Å². The third-order valence-corrected chi connectivity index (χ3v) is 6.29. The molecular weight excluding hydrogens is 455 g/mol. The lowest BCUT2D eigenvalue weighted by Crippen LogP contribution is -2.49. The number of halogens is 3. The Kier molecular flexibility index (Phi) is 6.54. The number of aryl methyl sites for hydroxylation is 2. The van der Waals surface area contributed by atoms with Crippen LogP contribution in [0.1, 0.15) is 16.7 Å². The molecule has 1 amide bonds. The van der Waals surface area contributed by atoms with Crippen LogP contribution in [0.5, 0.6) is 0 Å². The number of anilines is 1. The number of carbonyl (C=O) groups is 1. The van der Waals surface area contributed by atoms with Crippen molar-refractivity contribution in [2.75, 3.05) is 36.8 Å². The Balaban J connectivity index is 1.33. The summed E-state index contributed by atoms with van der Waals surface area (Å²) in [4.78, 5) is 20.3. The Morgan fingerprint density at radius 2 is 1.85 bits per heavy atom. The highest BCUT2D eigenvalue weighted by Crippen LogP contribution is 2.29. The molecule has 8 nitrogen and oxygen atoms in total. The van der Waals surface area contributed by atoms with Gasteiger partial charge in [-0.05, 0) is 53.6 Å². The lowest BCUT2D eigenvalue weighted by atomic mass is 10.1. The fourth-order valence-electron chi connectivity index (χ4n) is 3.51. The second-order valence-electron chi connectivity index (χ2n) is 7.72. The first-order valence-corrected chi connectivity index (χ1v) is 11.3. The fourth-order valence-corrected chi connectivity index (χ4v) is 4.30. The van der Waals surface area contributed by atoms with E-state index >= 15 is 0 Å². The summed E-state index contributed by atoms with van der Waals surface area (Å²) in [6.45, 7) is 5.88. The summed E-state index contributed by atoms with van der Waals surface area (Å²) in [6.07, 6.45) is -3.57. The maximum atomic E-state index is 12.7. The van der Waals surface area contributed by atoms with Gasteiger partial charge in [0.1, 0.15) is 5.82 Å². The van der Waals surface area contributed by atoms with E-state index in [4.69, 9.17) is 0 Å². The number of rotatable bonds is 5. The smallest absolute Gasteiger partial charge is 0.353 e. The predicted molar refractivity (Wildman–Crippen MR) is 117 cm³/mol. The number of thioether (sulfide) groups is 1. The standard InChI is InChI=1S/C21H22F3N7OS/c1-14-3-4-15(2)17(11-14)31-20(26-27-28-31)33-13-19(32)30-9-7-29(8-10-30)18-6-5-16(12-25-18)21(22,23)24/h3-6,11-12H,7-10,13H2,1-2H3. The van der Waals surface area contributed by atoms with E-state index in [1.54, 1.807) is 9.58 Å². The number of benzene rings is 1. The average molecular weight is 478 g/mol. The molecule has 0 bridgehead atoms. The van der Waals surface area contributed by atoms with Crippen LogP contribution in [0.4, 0.5) is 19.0 Å². The summed E-state index contributed by atoms with van der Waals surface area (Å²) in [6, 6.07) is 8.39. The number of pyridine rings is 1. The summed E-state index contributed by atoms with van der Waals surface area (Å²) in [5, 5.41) is 12.4. The summed E-state index contributed by atoms with van der Waals surface area (Å²) >= 11 is 1.27. The van der Waals surface area contributed by atoms with Gasteiger partial charge in [-0.15, -0.1) is 5.10 Å². The highest BCUT2D eigenvalue weighted by molar-refractivity contribution is 7.99. The second-order valence-corrected chi connectivity index (χ2v) is 8.67. The molecule has 0 aliphatic carbocycles. The van der Waals surface area contributed by atoms with Crippen molar-refractivity contribution in [2.24, 2.45) is 0 Å². The molecular formula is C21H22F3N7OS. The fraction of sp³-hybridized carbons (Fsp3) is 0.381. The van der Waals surface area contributed by atoms with E-state index in [1.165, 1.54) is 17.8 Å². The largest absolute Gasteiger partial charge is 0.417 e. The van der Waals surface area contributed by atoms with Crippen LogP contribution in [-0.2, 0) is 11.0 Å². The molecule has 1 aromatic carbocycles. The number of hydrogen-bond donors (Lipinski definition) is 0. The van der Waals surface area contributed by atoms with Gasteiger partial charge in [-0.3, -0.25) is 4.79 Å². The lowest BCUT2D eigenvalue weighted by Gasteiger charge is -2.35. The van der Waals surface area contributed by atoms with E-state index in [1.807, 2.05) is 36.9 Å². The molecule has 12 heteroatoms. The number of carbonyl (C=O) groups excluding carboxylic acids is 1. The van der Waals surface area contributed by atoms with Crippen LogP contribution in [0.3, 0.4) is 0 Å². The number of amides is 1. The van der Waals surface area contributed by atoms with Gasteiger partial charge in [0, 0.05) is 32.4 Å². The third-order valence-electron chi connectivity index (χ3n) is 5.39. The van der Waals surface area contributed by atoms with Gasteiger partial charge < -0.3 is 9.80 Å². The number of hydrogen-bond acceptors (Lipinski definition) is 7. The van der Waals surface area contributed by atoms with Crippen LogP contribution in [0.2, 0.25) is 0 Å². The SMILES string of the molecule is Cc1ccc(C)c(-n2nnnc2SCC(=O)N2CCN(c3ccc(C(F)(F)F)cn3)CC2)c1. The minimum atomic E-state index is -4.41. The van der Waals surface area contributed by atoms with Crippen molar-refractivity contribution in [1.82, 2.24) is 30.1 Å². The van der Waals surface area contributed by atoms with Crippen LogP contribution in [0, 0.1) is 13.8 Å². The van der Waals surface area contributed by atoms with Crippen molar-refractivity contribution in [1.29, 1.82) is 0 Å². The van der Waals surface area contributed by atoms with Gasteiger partial charge in [0.15, 0.2) is 0 Å². The van der Waals surface area contributed by atoms with Gasteiger partial charge in [-0.1, -0.05) is 23.9 Å². The minimum Gasteiger partial charge on any atom is -0.353 e. The summed E-state index contributed by atoms with van der Waals surface area (Å²) in [5.74, 6) is 0.608. The Labute approximate surface area is 192 Å². The molecule has 0 N–H and O–H groups in total. The van der Waals surface area contributed by atoms with Gasteiger partial charge in [0.2, 0.25) is 11.1 Å². The zero-order valence-corrected chi connectivity index (χ0v) is 18.9. The molecule has 0 atom stereocenters. The van der Waals surface area contributed by atoms with E-state index in [0.717, 1.165) is 29.1 Å². The maximum Gasteiger partial charge on any atom is 0.417 e. The number of tetrazole rings is 1. The van der Waals surface area contributed by atoms with Crippen molar-refractivity contribution in [3.05, 3.63) is 53.2 Å². The predicted octanol–water partition coefficient (Wildman–Crippen LogP) is 3.13. The molecule has 3 heterocycles. The third kappa shape index (κ3) is 5.27. The molecule has 0 saturated carbocycles. The number of nitrogens with zero attached hydrogens (tertiary/aromatic N) is 7. The zero-order chi connectivity index (χ0) is 23.6. The molecule has 33 heavy (non-hydrogen) atoms. The van der Waals surface area contributed by atoms with Gasteiger partial charge in [-0.2, -0.15) is 17.9 Å². The molecule has 0 unspecified atom stereocenters. The normalized spacial score (nSPS) is 14.6. The molecule has 0 radical (unpaired) electrons. The van der Waals surface area contributed by atoms with E-state index < -0.39 is 11.7 Å². The van der Waals surface area contributed by atoms with Gasteiger partial charge in [0.25, 0.3) is 0 Å². The number of alkyl halides is 3. The maximum absolute atomic E-state index is 12.7. The number of aromatic nitrogens is 5. The molecule has 2 aromatic heterocycles. The molecule has 1 saturated heterocycles. The van der Waals surface area contributed by atoms with E-state index in [-0.39, 0.29) is 11.7 Å². The van der Waals surface area contributed by atoms with Crippen LogP contribution in [0.25, 0.3) is 5.69 Å². The van der Waals surface area contributed by atoms with Crippen LogP contribution >= 0.6 is 11.8 Å². The summed E-state index contributed by atoms with van der Waals surface area (Å²) < 4.78 is 39.8. The summed E-state index contributed by atoms with van der Waals surface area (Å²) in [5.41, 5.74) is 2.19. The Morgan fingerprint density at radius 1 is 1.09 bits per heavy atom. The van der Waals surface area contributed by atoms with Crippen LogP contribution < -0.4 is 4.90 Å². The number of piperazine rings is 1. The monoisotopic (exact) mass is 477 g/mol. The first-order chi connectivity index (χ1) is 15.7. The van der Waals surface area contributed by atoms with E-state index in [2.05, 4.69) is 20.5 Å². The first-order valence-electron chi connectivity index (χ1n) is 10.3. The molecule has 3 aromatic rings. The molecule has 1 aliphatic rings. The van der Waals surface area contributed by atoms with Crippen molar-refractivity contribution >= 4 is 23.5 Å². The Morgan fingerprint density at radius 3 is 2.52 bits per heavy atom. The highest BCUT2D eigenvalue weighted by atomic mass is 32.2. The Bertz CT molecular complexity index is 1130. The Hall–Kier alpha value is -3.15. The minimum absolute atomic E-state index is 0.0458. The average Bonchev–Trinajstić information content (AvgIpc) is 3.27. The summed E-state index contributed by atoms with van der Waals surface area (Å²) in [7, 11) is 0. The second kappa shape index (κ2) is 9.38. The molecule has 174 valence electrons. The molecule has 1 fully saturated rings. The quantitative estimate of drug-likeness (QED) is 0.523.